The Labute approximate surface area is 207 Å². The van der Waals surface area contributed by atoms with Crippen LogP contribution in [0.5, 0.6) is 11.5 Å². The van der Waals surface area contributed by atoms with Crippen LogP contribution < -0.4 is 16.5 Å². The fourth-order valence-corrected chi connectivity index (χ4v) is 3.84. The molecule has 0 saturated carbocycles. The second kappa shape index (κ2) is 12.0. The summed E-state index contributed by atoms with van der Waals surface area (Å²) in [7, 11) is 0. The number of benzene rings is 2. The zero-order valence-corrected chi connectivity index (χ0v) is 20.2. The van der Waals surface area contributed by atoms with Gasteiger partial charge in [0, 0.05) is 24.6 Å². The number of aromatic nitrogens is 3. The minimum atomic E-state index is -0.516. The quantitative estimate of drug-likeness (QED) is 0.134. The Hall–Kier alpha value is -4.12. The molecule has 2 amide bonds. The van der Waals surface area contributed by atoms with Crippen LogP contribution in [0.3, 0.4) is 0 Å². The van der Waals surface area contributed by atoms with E-state index in [-0.39, 0.29) is 41.1 Å². The Balaban J connectivity index is 1.67. The fraction of sp³-hybridized carbons (Fsp3) is 0.360. The Morgan fingerprint density at radius 1 is 1.03 bits per heavy atom. The topological polar surface area (TPSA) is 170 Å². The molecule has 36 heavy (non-hydrogen) atoms. The molecule has 0 spiro atoms. The van der Waals surface area contributed by atoms with Gasteiger partial charge in [0.2, 0.25) is 5.91 Å². The maximum Gasteiger partial charge on any atom is 0.348 e. The van der Waals surface area contributed by atoms with Gasteiger partial charge in [0.1, 0.15) is 11.5 Å². The molecule has 0 aliphatic heterocycles. The highest BCUT2D eigenvalue weighted by Gasteiger charge is 2.19. The van der Waals surface area contributed by atoms with E-state index >= 15 is 0 Å². The lowest BCUT2D eigenvalue weighted by Crippen LogP contribution is -2.24. The number of hydroxylamine groups is 1. The first-order valence-corrected chi connectivity index (χ1v) is 11.8. The van der Waals surface area contributed by atoms with E-state index in [0.29, 0.717) is 29.8 Å². The maximum atomic E-state index is 12.5. The number of aromatic hydroxyl groups is 2. The molecule has 6 N–H and O–H groups in total. The summed E-state index contributed by atoms with van der Waals surface area (Å²) in [5.74, 6) is -0.762. The molecular formula is C25H31N5O6. The Kier molecular flexibility index (Phi) is 8.85. The molecule has 1 heterocycles. The monoisotopic (exact) mass is 497 g/mol. The number of nitrogens with zero attached hydrogens (tertiary/aromatic N) is 2. The molecular weight excluding hydrogens is 466 g/mol. The van der Waals surface area contributed by atoms with Crippen molar-refractivity contribution >= 4 is 11.8 Å². The van der Waals surface area contributed by atoms with Gasteiger partial charge < -0.3 is 15.5 Å². The van der Waals surface area contributed by atoms with E-state index in [1.54, 1.807) is 35.8 Å². The van der Waals surface area contributed by atoms with Gasteiger partial charge in [0.05, 0.1) is 11.3 Å². The van der Waals surface area contributed by atoms with Crippen LogP contribution in [0.2, 0.25) is 0 Å². The van der Waals surface area contributed by atoms with Crippen molar-refractivity contribution in [3.8, 4) is 28.6 Å². The zero-order valence-electron chi connectivity index (χ0n) is 20.2. The van der Waals surface area contributed by atoms with Gasteiger partial charge in [0.15, 0.2) is 5.82 Å². The van der Waals surface area contributed by atoms with E-state index in [9.17, 15) is 24.6 Å². The highest BCUT2D eigenvalue weighted by molar-refractivity contribution is 5.94. The van der Waals surface area contributed by atoms with Crippen LogP contribution >= 0.6 is 0 Å². The molecule has 11 heteroatoms. The van der Waals surface area contributed by atoms with Crippen LogP contribution in [0.25, 0.3) is 17.1 Å². The largest absolute Gasteiger partial charge is 0.508 e. The van der Waals surface area contributed by atoms with E-state index < -0.39 is 11.6 Å². The Morgan fingerprint density at radius 2 is 1.72 bits per heavy atom. The summed E-state index contributed by atoms with van der Waals surface area (Å²) in [5.41, 5.74) is 2.84. The molecule has 3 aromatic rings. The van der Waals surface area contributed by atoms with Crippen molar-refractivity contribution in [2.75, 3.05) is 6.54 Å². The third-order valence-electron chi connectivity index (χ3n) is 5.81. The lowest BCUT2D eigenvalue weighted by molar-refractivity contribution is -0.129. The molecule has 192 valence electrons. The van der Waals surface area contributed by atoms with E-state index in [0.717, 1.165) is 19.3 Å². The van der Waals surface area contributed by atoms with E-state index in [4.69, 9.17) is 5.21 Å². The van der Waals surface area contributed by atoms with Crippen molar-refractivity contribution in [2.24, 2.45) is 0 Å². The van der Waals surface area contributed by atoms with Gasteiger partial charge in [-0.05, 0) is 54.7 Å². The normalized spacial score (nSPS) is 11.0. The number of phenols is 2. The number of H-pyrrole nitrogens is 1. The molecule has 3 rings (SSSR count). The predicted octanol–water partition coefficient (Wildman–Crippen LogP) is 2.95. The smallest absolute Gasteiger partial charge is 0.348 e. The summed E-state index contributed by atoms with van der Waals surface area (Å²) in [6, 6.07) is 9.25. The lowest BCUT2D eigenvalue weighted by atomic mass is 9.98. The first kappa shape index (κ1) is 26.5. The zero-order chi connectivity index (χ0) is 26.2. The summed E-state index contributed by atoms with van der Waals surface area (Å²) >= 11 is 0. The van der Waals surface area contributed by atoms with Gasteiger partial charge in [-0.25, -0.2) is 19.9 Å². The number of amides is 2. The number of carbonyl (C=O) groups is 2. The van der Waals surface area contributed by atoms with E-state index in [1.807, 2.05) is 13.8 Å². The molecule has 0 aliphatic rings. The number of aromatic amines is 1. The molecule has 2 aromatic carbocycles. The highest BCUT2D eigenvalue weighted by atomic mass is 16.5. The summed E-state index contributed by atoms with van der Waals surface area (Å²) in [6.07, 6.45) is 3.34. The van der Waals surface area contributed by atoms with Crippen molar-refractivity contribution in [1.82, 2.24) is 25.6 Å². The van der Waals surface area contributed by atoms with Crippen LogP contribution in [-0.4, -0.2) is 48.5 Å². The van der Waals surface area contributed by atoms with Gasteiger partial charge in [-0.1, -0.05) is 26.7 Å². The third-order valence-corrected chi connectivity index (χ3v) is 5.81. The lowest BCUT2D eigenvalue weighted by Gasteiger charge is -2.13. The summed E-state index contributed by atoms with van der Waals surface area (Å²) in [4.78, 5) is 35.9. The highest BCUT2D eigenvalue weighted by Crippen LogP contribution is 2.37. The SMILES string of the molecule is CC(C)c1cc(-c2n[nH]c(=O)n2-c2ccc(C(=O)NCCCCCCC(=O)NO)cc2)c(O)cc1O. The number of hydrogen-bond donors (Lipinski definition) is 6. The van der Waals surface area contributed by atoms with Crippen LogP contribution in [0, 0.1) is 0 Å². The molecule has 11 nitrogen and oxygen atoms in total. The van der Waals surface area contributed by atoms with Crippen molar-refractivity contribution in [2.45, 2.75) is 51.9 Å². The molecule has 0 fully saturated rings. The Bertz CT molecular complexity index is 1260. The van der Waals surface area contributed by atoms with Gasteiger partial charge in [-0.2, -0.15) is 5.10 Å². The van der Waals surface area contributed by atoms with Gasteiger partial charge in [-0.3, -0.25) is 14.8 Å². The van der Waals surface area contributed by atoms with Crippen LogP contribution in [-0.2, 0) is 4.79 Å². The molecule has 0 aliphatic carbocycles. The maximum absolute atomic E-state index is 12.5. The van der Waals surface area contributed by atoms with Gasteiger partial charge in [-0.15, -0.1) is 0 Å². The average Bonchev–Trinajstić information content (AvgIpc) is 3.23. The van der Waals surface area contributed by atoms with Crippen LogP contribution in [0.4, 0.5) is 0 Å². The molecule has 1 aromatic heterocycles. The first-order chi connectivity index (χ1) is 17.2. The summed E-state index contributed by atoms with van der Waals surface area (Å²) in [6.45, 7) is 4.28. The number of unbranched alkanes of at least 4 members (excludes halogenated alkanes) is 3. The molecule has 0 atom stereocenters. The standard InChI is InChI=1S/C25H31N5O6/c1-15(2)18-13-19(21(32)14-20(18)31)23-27-28-25(35)30(23)17-10-8-16(9-11-17)24(34)26-12-6-4-3-5-7-22(33)29-36/h8-11,13-15,31-32,36H,3-7,12H2,1-2H3,(H,26,34)(H,28,35)(H,29,33). The summed E-state index contributed by atoms with van der Waals surface area (Å²) in [5, 5.41) is 38.3. The minimum Gasteiger partial charge on any atom is -0.508 e. The van der Waals surface area contributed by atoms with Crippen molar-refractivity contribution in [3.05, 3.63) is 58.0 Å². The van der Waals surface area contributed by atoms with Gasteiger partial charge >= 0.3 is 5.69 Å². The number of rotatable bonds is 11. The molecule has 0 unspecified atom stereocenters. The van der Waals surface area contributed by atoms with E-state index in [2.05, 4.69) is 15.5 Å². The molecule has 0 bridgehead atoms. The van der Waals surface area contributed by atoms with Gasteiger partial charge in [0.25, 0.3) is 5.91 Å². The van der Waals surface area contributed by atoms with Crippen LogP contribution in [0.15, 0.2) is 41.2 Å². The van der Waals surface area contributed by atoms with Crippen LogP contribution in [0.1, 0.15) is 67.8 Å². The average molecular weight is 498 g/mol. The number of carbonyl (C=O) groups excluding carboxylic acids is 2. The minimum absolute atomic E-state index is 0.0194. The summed E-state index contributed by atoms with van der Waals surface area (Å²) < 4.78 is 1.29. The third kappa shape index (κ3) is 6.30. The van der Waals surface area contributed by atoms with Crippen molar-refractivity contribution in [1.29, 1.82) is 0 Å². The first-order valence-electron chi connectivity index (χ1n) is 11.8. The second-order valence-electron chi connectivity index (χ2n) is 8.77. The second-order valence-corrected chi connectivity index (χ2v) is 8.77. The number of hydrogen-bond acceptors (Lipinski definition) is 7. The molecule has 0 radical (unpaired) electrons. The van der Waals surface area contributed by atoms with Crippen molar-refractivity contribution < 1.29 is 25.0 Å². The fourth-order valence-electron chi connectivity index (χ4n) is 3.84. The molecule has 0 saturated heterocycles. The number of nitrogens with one attached hydrogen (secondary N) is 3. The van der Waals surface area contributed by atoms with Crippen molar-refractivity contribution in [3.63, 3.8) is 0 Å². The van der Waals surface area contributed by atoms with E-state index in [1.165, 1.54) is 10.6 Å². The Morgan fingerprint density at radius 3 is 2.39 bits per heavy atom. The number of phenolic OH excluding ortho intramolecular Hbond substituents is 2. The predicted molar refractivity (Wildman–Crippen MR) is 132 cm³/mol.